The van der Waals surface area contributed by atoms with E-state index < -0.39 is 5.54 Å². The van der Waals surface area contributed by atoms with Crippen LogP contribution in [0.15, 0.2) is 40.9 Å². The molecule has 0 fully saturated rings. The summed E-state index contributed by atoms with van der Waals surface area (Å²) in [6.45, 7) is 4.13. The zero-order valence-corrected chi connectivity index (χ0v) is 16.4. The molecule has 0 saturated heterocycles. The van der Waals surface area contributed by atoms with E-state index in [0.29, 0.717) is 33.6 Å². The molecule has 0 aliphatic heterocycles. The number of hydrogen-bond donors (Lipinski definition) is 1. The van der Waals surface area contributed by atoms with Crippen LogP contribution in [0.3, 0.4) is 0 Å². The molecule has 2 heterocycles. The number of halogens is 1. The number of aromatic nitrogens is 2. The third-order valence-electron chi connectivity index (χ3n) is 3.87. The first-order chi connectivity index (χ1) is 12.8. The Morgan fingerprint density at radius 3 is 2.70 bits per heavy atom. The summed E-state index contributed by atoms with van der Waals surface area (Å²) in [5.74, 6) is 0.298. The minimum atomic E-state index is -0.812. The Kier molecular flexibility index (Phi) is 5.38. The summed E-state index contributed by atoms with van der Waals surface area (Å²) in [4.78, 5) is 20.1. The zero-order chi connectivity index (χ0) is 19.6. The van der Waals surface area contributed by atoms with Crippen LogP contribution in [0.25, 0.3) is 10.4 Å². The first-order valence-electron chi connectivity index (χ1n) is 8.41. The molecular weight excluding hydrogens is 367 g/mol. The fourth-order valence-corrected chi connectivity index (χ4v) is 3.44. The third kappa shape index (κ3) is 4.40. The fourth-order valence-electron chi connectivity index (χ4n) is 2.51. The molecule has 1 N–H and O–H groups in total. The summed E-state index contributed by atoms with van der Waals surface area (Å²) < 4.78 is 19.2. The molecule has 0 radical (unpaired) electrons. The van der Waals surface area contributed by atoms with Crippen LogP contribution in [0, 0.1) is 5.82 Å². The molecule has 0 spiro atoms. The van der Waals surface area contributed by atoms with Crippen molar-refractivity contribution >= 4 is 17.2 Å². The van der Waals surface area contributed by atoms with Gasteiger partial charge in [0.2, 0.25) is 5.89 Å². The van der Waals surface area contributed by atoms with Crippen LogP contribution in [0.4, 0.5) is 4.39 Å². The maximum Gasteiger partial charge on any atom is 0.262 e. The Morgan fingerprint density at radius 1 is 1.26 bits per heavy atom. The maximum atomic E-state index is 13.9. The van der Waals surface area contributed by atoms with Crippen molar-refractivity contribution in [2.45, 2.75) is 25.9 Å². The molecule has 0 aliphatic rings. The first kappa shape index (κ1) is 19.2. The second-order valence-corrected chi connectivity index (χ2v) is 8.06. The van der Waals surface area contributed by atoms with Crippen molar-refractivity contribution in [1.82, 2.24) is 20.4 Å². The van der Waals surface area contributed by atoms with Gasteiger partial charge in [-0.25, -0.2) is 4.39 Å². The van der Waals surface area contributed by atoms with E-state index >= 15 is 0 Å². The van der Waals surface area contributed by atoms with E-state index in [4.69, 9.17) is 4.52 Å². The SMILES string of the molecule is CN(C)Cc1nc(C(C)(C)NC(=O)c2ccc(-c3ccccc3F)s2)no1. The molecule has 0 aliphatic carbocycles. The lowest BCUT2D eigenvalue weighted by molar-refractivity contribution is 0.0911. The molecule has 6 nitrogen and oxygen atoms in total. The molecule has 0 unspecified atom stereocenters. The maximum absolute atomic E-state index is 13.9. The Labute approximate surface area is 161 Å². The Balaban J connectivity index is 1.75. The highest BCUT2D eigenvalue weighted by Gasteiger charge is 2.29. The van der Waals surface area contributed by atoms with Gasteiger partial charge in [-0.05, 0) is 46.1 Å². The van der Waals surface area contributed by atoms with Crippen LogP contribution in [0.5, 0.6) is 0 Å². The molecule has 142 valence electrons. The van der Waals surface area contributed by atoms with Crippen molar-refractivity contribution in [2.75, 3.05) is 14.1 Å². The van der Waals surface area contributed by atoms with Gasteiger partial charge < -0.3 is 14.7 Å². The van der Waals surface area contributed by atoms with Gasteiger partial charge in [0, 0.05) is 10.4 Å². The number of carbonyl (C=O) groups is 1. The molecule has 2 aromatic heterocycles. The lowest BCUT2D eigenvalue weighted by Gasteiger charge is -2.21. The monoisotopic (exact) mass is 388 g/mol. The lowest BCUT2D eigenvalue weighted by Crippen LogP contribution is -2.41. The summed E-state index contributed by atoms with van der Waals surface area (Å²) >= 11 is 1.23. The van der Waals surface area contributed by atoms with E-state index in [2.05, 4.69) is 15.5 Å². The molecule has 8 heteroatoms. The number of hydrogen-bond acceptors (Lipinski definition) is 6. The number of benzene rings is 1. The normalized spacial score (nSPS) is 11.8. The molecule has 0 bridgehead atoms. The Hall–Kier alpha value is -2.58. The lowest BCUT2D eigenvalue weighted by atomic mass is 10.0. The number of thiophene rings is 1. The van der Waals surface area contributed by atoms with Crippen LogP contribution in [-0.2, 0) is 12.1 Å². The zero-order valence-electron chi connectivity index (χ0n) is 15.6. The second-order valence-electron chi connectivity index (χ2n) is 6.97. The standard InChI is InChI=1S/C19H21FN4O2S/c1-19(2,18-21-16(26-23-18)11-24(3)4)22-17(25)15-10-9-14(27-15)12-7-5-6-8-13(12)20/h5-10H,11H2,1-4H3,(H,22,25). The van der Waals surface area contributed by atoms with E-state index in [0.717, 1.165) is 0 Å². The van der Waals surface area contributed by atoms with Gasteiger partial charge in [-0.1, -0.05) is 23.4 Å². The van der Waals surface area contributed by atoms with Crippen molar-refractivity contribution in [3.05, 3.63) is 58.8 Å². The number of nitrogens with zero attached hydrogens (tertiary/aromatic N) is 3. The predicted molar refractivity (Wildman–Crippen MR) is 102 cm³/mol. The smallest absolute Gasteiger partial charge is 0.262 e. The summed E-state index contributed by atoms with van der Waals surface area (Å²) in [5, 5.41) is 6.89. The summed E-state index contributed by atoms with van der Waals surface area (Å²) in [6.07, 6.45) is 0. The van der Waals surface area contributed by atoms with Gasteiger partial charge >= 0.3 is 0 Å². The Bertz CT molecular complexity index is 949. The van der Waals surface area contributed by atoms with Gasteiger partial charge in [0.1, 0.15) is 5.82 Å². The molecule has 0 saturated carbocycles. The number of rotatable bonds is 6. The predicted octanol–water partition coefficient (Wildman–Crippen LogP) is 3.66. The average molecular weight is 388 g/mol. The second kappa shape index (κ2) is 7.58. The Morgan fingerprint density at radius 2 is 2.00 bits per heavy atom. The minimum Gasteiger partial charge on any atom is -0.339 e. The van der Waals surface area contributed by atoms with Crippen molar-refractivity contribution in [3.63, 3.8) is 0 Å². The van der Waals surface area contributed by atoms with Crippen LogP contribution < -0.4 is 5.32 Å². The highest BCUT2D eigenvalue weighted by molar-refractivity contribution is 7.17. The summed E-state index contributed by atoms with van der Waals surface area (Å²) in [5.41, 5.74) is -0.333. The van der Waals surface area contributed by atoms with Gasteiger partial charge in [0.05, 0.1) is 17.0 Å². The summed E-state index contributed by atoms with van der Waals surface area (Å²) in [6, 6.07) is 9.93. The quantitative estimate of drug-likeness (QED) is 0.698. The van der Waals surface area contributed by atoms with Crippen LogP contribution in [0.1, 0.15) is 35.2 Å². The molecule has 1 amide bonds. The van der Waals surface area contributed by atoms with Crippen LogP contribution in [0.2, 0.25) is 0 Å². The van der Waals surface area contributed by atoms with E-state index in [1.54, 1.807) is 44.2 Å². The van der Waals surface area contributed by atoms with Crippen LogP contribution in [-0.4, -0.2) is 35.0 Å². The van der Waals surface area contributed by atoms with Crippen molar-refractivity contribution in [3.8, 4) is 10.4 Å². The molecule has 3 aromatic rings. The largest absolute Gasteiger partial charge is 0.339 e. The number of nitrogens with one attached hydrogen (secondary N) is 1. The highest BCUT2D eigenvalue weighted by Crippen LogP contribution is 2.30. The molecule has 0 atom stereocenters. The van der Waals surface area contributed by atoms with E-state index in [-0.39, 0.29) is 11.7 Å². The van der Waals surface area contributed by atoms with Crippen molar-refractivity contribution in [2.24, 2.45) is 0 Å². The average Bonchev–Trinajstić information content (AvgIpc) is 3.24. The highest BCUT2D eigenvalue weighted by atomic mass is 32.1. The third-order valence-corrected chi connectivity index (χ3v) is 4.99. The van der Waals surface area contributed by atoms with E-state index in [1.165, 1.54) is 17.4 Å². The fraction of sp³-hybridized carbons (Fsp3) is 0.316. The summed E-state index contributed by atoms with van der Waals surface area (Å²) in [7, 11) is 3.81. The van der Waals surface area contributed by atoms with Gasteiger partial charge in [0.15, 0.2) is 5.82 Å². The van der Waals surface area contributed by atoms with Gasteiger partial charge in [-0.15, -0.1) is 11.3 Å². The van der Waals surface area contributed by atoms with Crippen molar-refractivity contribution < 1.29 is 13.7 Å². The first-order valence-corrected chi connectivity index (χ1v) is 9.23. The van der Waals surface area contributed by atoms with Gasteiger partial charge in [-0.3, -0.25) is 4.79 Å². The molecular formula is C19H21FN4O2S. The number of amides is 1. The van der Waals surface area contributed by atoms with E-state index in [9.17, 15) is 9.18 Å². The molecule has 1 aromatic carbocycles. The van der Waals surface area contributed by atoms with Crippen LogP contribution >= 0.6 is 11.3 Å². The topological polar surface area (TPSA) is 71.3 Å². The van der Waals surface area contributed by atoms with Gasteiger partial charge in [-0.2, -0.15) is 4.98 Å². The number of carbonyl (C=O) groups excluding carboxylic acids is 1. The van der Waals surface area contributed by atoms with E-state index in [1.807, 2.05) is 19.0 Å². The molecule has 27 heavy (non-hydrogen) atoms. The van der Waals surface area contributed by atoms with Crippen molar-refractivity contribution in [1.29, 1.82) is 0 Å². The van der Waals surface area contributed by atoms with Gasteiger partial charge in [0.25, 0.3) is 5.91 Å². The minimum absolute atomic E-state index is 0.272. The molecule has 3 rings (SSSR count).